The molecule has 3 nitrogen and oxygen atoms in total. The number of hydrogen-bond donors (Lipinski definition) is 2. The van der Waals surface area contributed by atoms with Crippen LogP contribution < -0.4 is 0 Å². The minimum atomic E-state index is -0.697. The van der Waals surface area contributed by atoms with E-state index >= 15 is 0 Å². The number of hydrogen-bond acceptors (Lipinski definition) is 3. The number of aliphatic hydroxyl groups excluding tert-OH is 1. The van der Waals surface area contributed by atoms with Gasteiger partial charge in [0.15, 0.2) is 0 Å². The van der Waals surface area contributed by atoms with Gasteiger partial charge < -0.3 is 10.2 Å². The summed E-state index contributed by atoms with van der Waals surface area (Å²) in [4.78, 5) is 12.9. The van der Waals surface area contributed by atoms with Crippen LogP contribution in [0.15, 0.2) is 11.6 Å². The van der Waals surface area contributed by atoms with E-state index in [0.29, 0.717) is 24.0 Å². The number of allylic oxidation sites excluding steroid dienone is 2. The molecule has 9 atom stereocenters. The van der Waals surface area contributed by atoms with Gasteiger partial charge in [-0.15, -0.1) is 0 Å². The Bertz CT molecular complexity index is 820. The van der Waals surface area contributed by atoms with Crippen LogP contribution in [-0.4, -0.2) is 27.7 Å². The van der Waals surface area contributed by atoms with Crippen LogP contribution in [0.4, 0.5) is 0 Å². The van der Waals surface area contributed by atoms with Crippen molar-refractivity contribution in [2.75, 3.05) is 0 Å². The maximum Gasteiger partial charge on any atom is 0.138 e. The van der Waals surface area contributed by atoms with Crippen molar-refractivity contribution < 1.29 is 15.0 Å². The Hall–Kier alpha value is -0.670. The molecule has 3 heteroatoms. The molecule has 0 aromatic heterocycles. The summed E-state index contributed by atoms with van der Waals surface area (Å²) in [5, 5.41) is 23.5. The standard InChI is InChI=1S/C30H50O3/c1-19(2)10-9-14-30(8,33)20-11-16-28(6)21(20)18-22(31)25-27(5)15-13-24(32)26(3,4)23(27)12-17-29(25,28)7/h10,20-23,25,31,33H,9,11-18H2,1-8H3/t20-,21-,22+,23?,25+,27-,28-,29+,30+/m0/s1. The fraction of sp³-hybridized carbons (Fsp3) is 0.900. The van der Waals surface area contributed by atoms with Gasteiger partial charge in [-0.05, 0) is 112 Å². The quantitative estimate of drug-likeness (QED) is 0.460. The van der Waals surface area contributed by atoms with Crippen molar-refractivity contribution in [3.63, 3.8) is 0 Å². The highest BCUT2D eigenvalue weighted by atomic mass is 16.3. The van der Waals surface area contributed by atoms with Gasteiger partial charge in [0.25, 0.3) is 0 Å². The van der Waals surface area contributed by atoms with Crippen LogP contribution in [0.2, 0.25) is 0 Å². The number of Topliss-reactive ketones (excluding diaryl/α,β-unsaturated/α-hetero) is 1. The first-order valence-corrected chi connectivity index (χ1v) is 13.7. The highest BCUT2D eigenvalue weighted by molar-refractivity contribution is 5.85. The molecule has 1 unspecified atom stereocenters. The average molecular weight is 459 g/mol. The second-order valence-corrected chi connectivity index (χ2v) is 14.3. The molecule has 0 saturated heterocycles. The Morgan fingerprint density at radius 1 is 1.06 bits per heavy atom. The average Bonchev–Trinajstić information content (AvgIpc) is 3.03. The Morgan fingerprint density at radius 3 is 2.33 bits per heavy atom. The van der Waals surface area contributed by atoms with E-state index in [-0.39, 0.29) is 39.6 Å². The largest absolute Gasteiger partial charge is 0.393 e. The second kappa shape index (κ2) is 7.92. The van der Waals surface area contributed by atoms with E-state index in [4.69, 9.17) is 0 Å². The predicted molar refractivity (Wildman–Crippen MR) is 135 cm³/mol. The van der Waals surface area contributed by atoms with Crippen LogP contribution in [0.3, 0.4) is 0 Å². The zero-order valence-electron chi connectivity index (χ0n) is 22.6. The van der Waals surface area contributed by atoms with E-state index < -0.39 is 5.60 Å². The maximum absolute atomic E-state index is 12.9. The fourth-order valence-electron chi connectivity index (χ4n) is 10.2. The molecule has 4 fully saturated rings. The minimum Gasteiger partial charge on any atom is -0.393 e. The normalized spacial score (nSPS) is 48.3. The molecular formula is C30H50O3. The molecule has 0 radical (unpaired) electrons. The molecule has 4 saturated carbocycles. The summed E-state index contributed by atoms with van der Waals surface area (Å²) >= 11 is 0. The van der Waals surface area contributed by atoms with Crippen molar-refractivity contribution in [3.8, 4) is 0 Å². The molecule has 33 heavy (non-hydrogen) atoms. The maximum atomic E-state index is 12.9. The molecule has 0 heterocycles. The third kappa shape index (κ3) is 3.53. The summed E-state index contributed by atoms with van der Waals surface area (Å²) in [7, 11) is 0. The van der Waals surface area contributed by atoms with E-state index in [9.17, 15) is 15.0 Å². The van der Waals surface area contributed by atoms with Crippen molar-refractivity contribution in [2.24, 2.45) is 45.3 Å². The molecule has 4 aliphatic rings. The van der Waals surface area contributed by atoms with E-state index in [0.717, 1.165) is 51.4 Å². The van der Waals surface area contributed by atoms with Crippen molar-refractivity contribution in [2.45, 2.75) is 125 Å². The molecule has 188 valence electrons. The molecule has 0 aromatic carbocycles. The predicted octanol–water partition coefficient (Wildman–Crippen LogP) is 6.71. The SMILES string of the molecule is CC(C)=CCC[C@@](C)(O)[C@H]1CC[C@@]2(C)[C@H]1C[C@@H](O)[C@@H]1[C@@]3(C)CCC(=O)C(C)(C)C3CC[C@]12C. The highest BCUT2D eigenvalue weighted by Crippen LogP contribution is 2.75. The summed E-state index contributed by atoms with van der Waals surface area (Å²) in [6, 6.07) is 0. The molecule has 2 N–H and O–H groups in total. The van der Waals surface area contributed by atoms with E-state index in [1.165, 1.54) is 5.57 Å². The van der Waals surface area contributed by atoms with Gasteiger partial charge in [0, 0.05) is 11.8 Å². The summed E-state index contributed by atoms with van der Waals surface area (Å²) in [5.41, 5.74) is 0.492. The lowest BCUT2D eigenvalue weighted by molar-refractivity contribution is -0.241. The number of aliphatic hydroxyl groups is 2. The monoisotopic (exact) mass is 458 g/mol. The number of carbonyl (C=O) groups is 1. The number of ketones is 1. The van der Waals surface area contributed by atoms with Gasteiger partial charge >= 0.3 is 0 Å². The first kappa shape index (κ1) is 25.4. The van der Waals surface area contributed by atoms with E-state index in [1.807, 2.05) is 0 Å². The fourth-order valence-corrected chi connectivity index (χ4v) is 10.2. The molecule has 4 rings (SSSR count). The number of rotatable bonds is 4. The van der Waals surface area contributed by atoms with Crippen LogP contribution >= 0.6 is 0 Å². The zero-order chi connectivity index (χ0) is 24.6. The number of carbonyl (C=O) groups excluding carboxylic acids is 1. The Balaban J connectivity index is 1.67. The molecule has 0 aromatic rings. The van der Waals surface area contributed by atoms with Crippen LogP contribution in [0.1, 0.15) is 113 Å². The molecule has 4 aliphatic carbocycles. The van der Waals surface area contributed by atoms with Crippen molar-refractivity contribution in [1.82, 2.24) is 0 Å². The Kier molecular flexibility index (Phi) is 6.10. The topological polar surface area (TPSA) is 57.5 Å². The van der Waals surface area contributed by atoms with Crippen LogP contribution in [-0.2, 0) is 4.79 Å². The second-order valence-electron chi connectivity index (χ2n) is 14.3. The summed E-state index contributed by atoms with van der Waals surface area (Å²) in [6.45, 7) is 18.0. The number of fused-ring (bicyclic) bond motifs is 5. The van der Waals surface area contributed by atoms with Gasteiger partial charge in [0.1, 0.15) is 5.78 Å². The minimum absolute atomic E-state index is 0.00184. The van der Waals surface area contributed by atoms with E-state index in [2.05, 4.69) is 61.5 Å². The van der Waals surface area contributed by atoms with Crippen molar-refractivity contribution in [3.05, 3.63) is 11.6 Å². The summed E-state index contributed by atoms with van der Waals surface area (Å²) in [5.74, 6) is 1.59. The van der Waals surface area contributed by atoms with Crippen molar-refractivity contribution in [1.29, 1.82) is 0 Å². The van der Waals surface area contributed by atoms with Gasteiger partial charge in [0.05, 0.1) is 11.7 Å². The van der Waals surface area contributed by atoms with Crippen LogP contribution in [0.25, 0.3) is 0 Å². The molecule has 0 spiro atoms. The Morgan fingerprint density at radius 2 is 1.70 bits per heavy atom. The van der Waals surface area contributed by atoms with Gasteiger partial charge in [-0.25, -0.2) is 0 Å². The molecular weight excluding hydrogens is 408 g/mol. The molecule has 0 amide bonds. The van der Waals surface area contributed by atoms with Crippen LogP contribution in [0, 0.1) is 45.3 Å². The summed E-state index contributed by atoms with van der Waals surface area (Å²) in [6.07, 6.45) is 10.3. The lowest BCUT2D eigenvalue weighted by atomic mass is 9.35. The van der Waals surface area contributed by atoms with E-state index in [1.54, 1.807) is 0 Å². The van der Waals surface area contributed by atoms with Crippen LogP contribution in [0.5, 0.6) is 0 Å². The first-order chi connectivity index (χ1) is 15.1. The van der Waals surface area contributed by atoms with Crippen molar-refractivity contribution >= 4 is 5.78 Å². The lowest BCUT2D eigenvalue weighted by Gasteiger charge is -2.70. The summed E-state index contributed by atoms with van der Waals surface area (Å²) < 4.78 is 0. The molecule has 0 aliphatic heterocycles. The van der Waals surface area contributed by atoms with Gasteiger partial charge in [-0.3, -0.25) is 4.79 Å². The van der Waals surface area contributed by atoms with Gasteiger partial charge in [-0.1, -0.05) is 46.3 Å². The van der Waals surface area contributed by atoms with Gasteiger partial charge in [-0.2, -0.15) is 0 Å². The molecule has 0 bridgehead atoms. The smallest absolute Gasteiger partial charge is 0.138 e. The highest BCUT2D eigenvalue weighted by Gasteiger charge is 2.71. The third-order valence-corrected chi connectivity index (χ3v) is 12.1. The van der Waals surface area contributed by atoms with Gasteiger partial charge in [0.2, 0.25) is 0 Å². The Labute approximate surface area is 202 Å². The third-order valence-electron chi connectivity index (χ3n) is 12.1. The zero-order valence-corrected chi connectivity index (χ0v) is 22.6. The lowest BCUT2D eigenvalue weighted by Crippen LogP contribution is -2.67. The first-order valence-electron chi connectivity index (χ1n) is 13.7.